The van der Waals surface area contributed by atoms with Crippen molar-refractivity contribution in [3.63, 3.8) is 0 Å². The Morgan fingerprint density at radius 3 is 2.83 bits per heavy atom. The second kappa shape index (κ2) is 8.17. The minimum Gasteiger partial charge on any atom is -0.378 e. The van der Waals surface area contributed by atoms with Gasteiger partial charge in [0.1, 0.15) is 0 Å². The summed E-state index contributed by atoms with van der Waals surface area (Å²) in [6.45, 7) is 1.26. The molecule has 0 aliphatic carbocycles. The zero-order valence-electron chi connectivity index (χ0n) is 14.0. The first-order valence-corrected chi connectivity index (χ1v) is 9.31. The van der Waals surface area contributed by atoms with E-state index < -0.39 is 0 Å². The first-order valence-electron chi connectivity index (χ1n) is 7.92. The fraction of sp³-hybridized carbons (Fsp3) is 0.333. The van der Waals surface area contributed by atoms with E-state index in [1.807, 2.05) is 30.2 Å². The van der Waals surface area contributed by atoms with Crippen LogP contribution in [0, 0.1) is 0 Å². The molecule has 1 aromatic carbocycles. The summed E-state index contributed by atoms with van der Waals surface area (Å²) in [5.41, 5.74) is 5.47. The highest BCUT2D eigenvalue weighted by molar-refractivity contribution is 7.98. The number of hydrogen-bond acceptors (Lipinski definition) is 4. The van der Waals surface area contributed by atoms with Crippen LogP contribution in [-0.4, -0.2) is 38.9 Å². The Labute approximate surface area is 146 Å². The van der Waals surface area contributed by atoms with Gasteiger partial charge in [0.2, 0.25) is 0 Å². The number of methoxy groups -OCH3 is 1. The maximum atomic E-state index is 5.13. The monoisotopic (exact) mass is 342 g/mol. The van der Waals surface area contributed by atoms with Crippen LogP contribution in [0.1, 0.15) is 17.1 Å². The number of thioether (sulfide) groups is 1. The van der Waals surface area contributed by atoms with Crippen LogP contribution in [0.2, 0.25) is 0 Å². The number of nitrogens with zero attached hydrogens (tertiary/aromatic N) is 3. The lowest BCUT2D eigenvalue weighted by Gasteiger charge is -2.09. The van der Waals surface area contributed by atoms with Gasteiger partial charge in [-0.3, -0.25) is 5.10 Å². The third-order valence-electron chi connectivity index (χ3n) is 3.85. The Kier molecular flexibility index (Phi) is 5.72. The topological polar surface area (TPSA) is 55.7 Å². The van der Waals surface area contributed by atoms with Crippen LogP contribution in [-0.2, 0) is 24.3 Å². The summed E-state index contributed by atoms with van der Waals surface area (Å²) in [6.07, 6.45) is 5.05. The number of rotatable bonds is 8. The van der Waals surface area contributed by atoms with E-state index >= 15 is 0 Å². The van der Waals surface area contributed by atoms with Crippen molar-refractivity contribution in [3.05, 3.63) is 59.8 Å². The molecule has 2 aromatic heterocycles. The number of nitrogens with one attached hydrogen (secondary N) is 1. The second-order valence-corrected chi connectivity index (χ2v) is 6.58. The van der Waals surface area contributed by atoms with E-state index in [1.54, 1.807) is 7.11 Å². The number of aromatic nitrogens is 4. The molecule has 0 aliphatic rings. The number of imidazole rings is 1. The molecule has 0 atom stereocenters. The fourth-order valence-corrected chi connectivity index (χ4v) is 3.13. The molecule has 2 heterocycles. The van der Waals surface area contributed by atoms with Gasteiger partial charge in [-0.15, -0.1) is 0 Å². The van der Waals surface area contributed by atoms with Crippen LogP contribution in [0.4, 0.5) is 0 Å². The first-order chi connectivity index (χ1) is 11.8. The van der Waals surface area contributed by atoms with Crippen molar-refractivity contribution in [1.29, 1.82) is 0 Å². The Morgan fingerprint density at radius 2 is 2.08 bits per heavy atom. The lowest BCUT2D eigenvalue weighted by atomic mass is 10.1. The maximum absolute atomic E-state index is 5.13. The summed E-state index contributed by atoms with van der Waals surface area (Å²) in [4.78, 5) is 4.67. The Hall–Kier alpha value is -2.05. The molecule has 0 fully saturated rings. The smallest absolute Gasteiger partial charge is 0.0959 e. The predicted molar refractivity (Wildman–Crippen MR) is 98.2 cm³/mol. The summed E-state index contributed by atoms with van der Waals surface area (Å²) in [5.74, 6) is 1.07. The molecule has 0 aliphatic heterocycles. The minimum atomic E-state index is 0.523. The second-order valence-electron chi connectivity index (χ2n) is 5.59. The highest BCUT2D eigenvalue weighted by Gasteiger charge is 2.13. The maximum Gasteiger partial charge on any atom is 0.0959 e. The van der Waals surface area contributed by atoms with E-state index in [9.17, 15) is 0 Å². The van der Waals surface area contributed by atoms with Gasteiger partial charge in [0.15, 0.2) is 0 Å². The number of aromatic amines is 1. The number of H-pyrrole nitrogens is 1. The summed E-state index contributed by atoms with van der Waals surface area (Å²) < 4.78 is 7.34. The molecular weight excluding hydrogens is 320 g/mol. The van der Waals surface area contributed by atoms with Gasteiger partial charge in [-0.2, -0.15) is 16.9 Å². The van der Waals surface area contributed by atoms with Gasteiger partial charge >= 0.3 is 0 Å². The van der Waals surface area contributed by atoms with Crippen molar-refractivity contribution in [2.45, 2.75) is 19.6 Å². The van der Waals surface area contributed by atoms with Gasteiger partial charge in [-0.1, -0.05) is 30.3 Å². The molecule has 0 amide bonds. The molecule has 0 spiro atoms. The van der Waals surface area contributed by atoms with Crippen LogP contribution in [0.5, 0.6) is 0 Å². The molecule has 0 unspecified atom stereocenters. The van der Waals surface area contributed by atoms with Gasteiger partial charge in [0.25, 0.3) is 0 Å². The molecule has 0 saturated carbocycles. The van der Waals surface area contributed by atoms with Crippen LogP contribution in [0.25, 0.3) is 11.3 Å². The zero-order chi connectivity index (χ0) is 16.8. The largest absolute Gasteiger partial charge is 0.378 e. The average Bonchev–Trinajstić information content (AvgIpc) is 3.21. The van der Waals surface area contributed by atoms with Crippen LogP contribution >= 0.6 is 11.8 Å². The molecule has 0 radical (unpaired) electrons. The van der Waals surface area contributed by atoms with Gasteiger partial charge < -0.3 is 9.30 Å². The van der Waals surface area contributed by atoms with Gasteiger partial charge in [0.05, 0.1) is 36.6 Å². The zero-order valence-corrected chi connectivity index (χ0v) is 14.8. The lowest BCUT2D eigenvalue weighted by molar-refractivity contribution is 0.181. The van der Waals surface area contributed by atoms with Crippen molar-refractivity contribution >= 4 is 11.8 Å². The molecule has 6 heteroatoms. The normalized spacial score (nSPS) is 11.1. The number of benzene rings is 1. The quantitative estimate of drug-likeness (QED) is 0.682. The molecule has 1 N–H and O–H groups in total. The van der Waals surface area contributed by atoms with E-state index in [0.29, 0.717) is 6.61 Å². The summed E-state index contributed by atoms with van der Waals surface area (Å²) in [5, 5.41) is 7.36. The van der Waals surface area contributed by atoms with Crippen molar-refractivity contribution in [3.8, 4) is 11.3 Å². The van der Waals surface area contributed by atoms with Gasteiger partial charge in [0, 0.05) is 18.4 Å². The SMILES string of the molecule is COCc1cc(Cn2cnc(-c3ccccc3)c2CCSC)[nH]n1. The van der Waals surface area contributed by atoms with Crippen molar-refractivity contribution < 1.29 is 4.74 Å². The Morgan fingerprint density at radius 1 is 1.25 bits per heavy atom. The molecule has 24 heavy (non-hydrogen) atoms. The van der Waals surface area contributed by atoms with Crippen molar-refractivity contribution in [2.75, 3.05) is 19.1 Å². The van der Waals surface area contributed by atoms with Gasteiger partial charge in [-0.05, 0) is 24.5 Å². The van der Waals surface area contributed by atoms with Crippen molar-refractivity contribution in [1.82, 2.24) is 19.7 Å². The van der Waals surface area contributed by atoms with Crippen molar-refractivity contribution in [2.24, 2.45) is 0 Å². The van der Waals surface area contributed by atoms with Gasteiger partial charge in [-0.25, -0.2) is 4.98 Å². The van der Waals surface area contributed by atoms with E-state index in [2.05, 4.69) is 50.3 Å². The summed E-state index contributed by atoms with van der Waals surface area (Å²) in [6, 6.07) is 12.4. The molecule has 3 aromatic rings. The highest BCUT2D eigenvalue weighted by Crippen LogP contribution is 2.24. The third kappa shape index (κ3) is 3.88. The van der Waals surface area contributed by atoms with E-state index in [0.717, 1.165) is 41.4 Å². The first kappa shape index (κ1) is 16.8. The molecule has 0 bridgehead atoms. The third-order valence-corrected chi connectivity index (χ3v) is 4.47. The van der Waals surface area contributed by atoms with Crippen LogP contribution in [0.3, 0.4) is 0 Å². The summed E-state index contributed by atoms with van der Waals surface area (Å²) >= 11 is 1.85. The number of hydrogen-bond donors (Lipinski definition) is 1. The number of ether oxygens (including phenoxy) is 1. The minimum absolute atomic E-state index is 0.523. The standard InChI is InChI=1S/C18H22N4OS/c1-23-12-16-10-15(20-21-16)11-22-13-19-18(17(22)8-9-24-2)14-6-4-3-5-7-14/h3-7,10,13H,8-9,11-12H2,1-2H3,(H,20,21). The van der Waals surface area contributed by atoms with E-state index in [4.69, 9.17) is 4.74 Å². The lowest BCUT2D eigenvalue weighted by Crippen LogP contribution is -2.05. The van der Waals surface area contributed by atoms with E-state index in [1.165, 1.54) is 5.69 Å². The average molecular weight is 342 g/mol. The van der Waals surface area contributed by atoms with Crippen LogP contribution in [0.15, 0.2) is 42.7 Å². The molecule has 3 rings (SSSR count). The predicted octanol–water partition coefficient (Wildman–Crippen LogP) is 3.37. The van der Waals surface area contributed by atoms with Crippen LogP contribution < -0.4 is 0 Å². The molecule has 0 saturated heterocycles. The Bertz CT molecular complexity index is 766. The molecular formula is C18H22N4OS. The van der Waals surface area contributed by atoms with E-state index in [-0.39, 0.29) is 0 Å². The fourth-order valence-electron chi connectivity index (χ4n) is 2.74. The molecule has 5 nitrogen and oxygen atoms in total. The Balaban J connectivity index is 1.87. The summed E-state index contributed by atoms with van der Waals surface area (Å²) in [7, 11) is 1.68. The highest BCUT2D eigenvalue weighted by atomic mass is 32.2. The molecule has 126 valence electrons.